The number of halogens is 2. The fourth-order valence-corrected chi connectivity index (χ4v) is 2.16. The third-order valence-corrected chi connectivity index (χ3v) is 2.86. The second-order valence-corrected chi connectivity index (χ2v) is 4.28. The predicted octanol–water partition coefficient (Wildman–Crippen LogP) is 2.94. The van der Waals surface area contributed by atoms with Crippen LogP contribution < -0.4 is 5.32 Å². The summed E-state index contributed by atoms with van der Waals surface area (Å²) in [4.78, 5) is 0. The summed E-state index contributed by atoms with van der Waals surface area (Å²) in [6.07, 6.45) is 0. The SMILES string of the molecule is CC1COC(C)(c2ccccc2Cl)N1.Cl. The highest BCUT2D eigenvalue weighted by Gasteiger charge is 2.36. The topological polar surface area (TPSA) is 21.3 Å². The number of hydrogen-bond donors (Lipinski definition) is 1. The Labute approximate surface area is 101 Å². The Morgan fingerprint density at radius 3 is 2.67 bits per heavy atom. The van der Waals surface area contributed by atoms with Gasteiger partial charge in [-0.2, -0.15) is 0 Å². The summed E-state index contributed by atoms with van der Waals surface area (Å²) < 4.78 is 5.72. The zero-order chi connectivity index (χ0) is 10.2. The van der Waals surface area contributed by atoms with E-state index in [1.807, 2.05) is 31.2 Å². The molecule has 1 aromatic carbocycles. The van der Waals surface area contributed by atoms with Gasteiger partial charge in [-0.05, 0) is 19.9 Å². The maximum atomic E-state index is 6.12. The smallest absolute Gasteiger partial charge is 0.144 e. The van der Waals surface area contributed by atoms with Crippen molar-refractivity contribution in [2.24, 2.45) is 0 Å². The lowest BCUT2D eigenvalue weighted by Crippen LogP contribution is -2.37. The van der Waals surface area contributed by atoms with E-state index in [2.05, 4.69) is 12.2 Å². The summed E-state index contributed by atoms with van der Waals surface area (Å²) in [5, 5.41) is 4.13. The number of nitrogens with one attached hydrogen (secondary N) is 1. The molecule has 1 aliphatic heterocycles. The largest absolute Gasteiger partial charge is 0.355 e. The Balaban J connectivity index is 0.00000112. The second-order valence-electron chi connectivity index (χ2n) is 3.87. The van der Waals surface area contributed by atoms with Crippen molar-refractivity contribution in [3.05, 3.63) is 34.9 Å². The first-order chi connectivity index (χ1) is 6.62. The molecule has 0 aliphatic carbocycles. The first-order valence-electron chi connectivity index (χ1n) is 4.78. The molecular weight excluding hydrogens is 233 g/mol. The van der Waals surface area contributed by atoms with Crippen molar-refractivity contribution in [3.63, 3.8) is 0 Å². The van der Waals surface area contributed by atoms with Crippen LogP contribution in [0.5, 0.6) is 0 Å². The Bertz CT molecular complexity index is 345. The lowest BCUT2D eigenvalue weighted by Gasteiger charge is -2.25. The summed E-state index contributed by atoms with van der Waals surface area (Å²) in [7, 11) is 0. The Kier molecular flexibility index (Phi) is 4.01. The van der Waals surface area contributed by atoms with E-state index in [1.165, 1.54) is 0 Å². The molecular formula is C11H15Cl2NO. The molecule has 0 spiro atoms. The van der Waals surface area contributed by atoms with E-state index >= 15 is 0 Å². The summed E-state index contributed by atoms with van der Waals surface area (Å²) in [5.41, 5.74) is 0.573. The fourth-order valence-electron chi connectivity index (χ4n) is 1.85. The van der Waals surface area contributed by atoms with Crippen LogP contribution in [-0.4, -0.2) is 12.6 Å². The van der Waals surface area contributed by atoms with Gasteiger partial charge >= 0.3 is 0 Å². The molecule has 0 saturated carbocycles. The number of rotatable bonds is 1. The van der Waals surface area contributed by atoms with Gasteiger partial charge in [0.2, 0.25) is 0 Å². The Morgan fingerprint density at radius 1 is 1.47 bits per heavy atom. The molecule has 4 heteroatoms. The van der Waals surface area contributed by atoms with Crippen molar-refractivity contribution in [3.8, 4) is 0 Å². The molecule has 0 bridgehead atoms. The van der Waals surface area contributed by atoms with Crippen molar-refractivity contribution in [2.45, 2.75) is 25.6 Å². The molecule has 0 amide bonds. The molecule has 2 rings (SSSR count). The van der Waals surface area contributed by atoms with Crippen LogP contribution in [0.1, 0.15) is 19.4 Å². The average Bonchev–Trinajstić information content (AvgIpc) is 2.48. The fraction of sp³-hybridized carbons (Fsp3) is 0.455. The number of ether oxygens (including phenoxy) is 1. The van der Waals surface area contributed by atoms with Gasteiger partial charge in [-0.1, -0.05) is 29.8 Å². The van der Waals surface area contributed by atoms with Crippen molar-refractivity contribution in [2.75, 3.05) is 6.61 Å². The van der Waals surface area contributed by atoms with E-state index < -0.39 is 5.72 Å². The lowest BCUT2D eigenvalue weighted by molar-refractivity contribution is 0.00246. The predicted molar refractivity (Wildman–Crippen MR) is 64.6 cm³/mol. The molecule has 1 saturated heterocycles. The van der Waals surface area contributed by atoms with Crippen LogP contribution in [0.15, 0.2) is 24.3 Å². The molecule has 1 aromatic rings. The zero-order valence-corrected chi connectivity index (χ0v) is 10.4. The van der Waals surface area contributed by atoms with Crippen molar-refractivity contribution >= 4 is 24.0 Å². The molecule has 2 nitrogen and oxygen atoms in total. The first-order valence-corrected chi connectivity index (χ1v) is 5.16. The quantitative estimate of drug-likeness (QED) is 0.825. The maximum Gasteiger partial charge on any atom is 0.144 e. The molecule has 84 valence electrons. The van der Waals surface area contributed by atoms with Gasteiger partial charge in [0.1, 0.15) is 5.72 Å². The van der Waals surface area contributed by atoms with Crippen LogP contribution in [-0.2, 0) is 10.5 Å². The standard InChI is InChI=1S/C11H14ClNO.ClH/c1-8-7-14-11(2,13-8)9-5-3-4-6-10(9)12;/h3-6,8,13H,7H2,1-2H3;1H. The first kappa shape index (κ1) is 12.8. The molecule has 0 aromatic heterocycles. The van der Waals surface area contributed by atoms with Gasteiger partial charge in [-0.25, -0.2) is 0 Å². The minimum absolute atomic E-state index is 0. The third-order valence-electron chi connectivity index (χ3n) is 2.53. The van der Waals surface area contributed by atoms with Crippen LogP contribution >= 0.6 is 24.0 Å². The zero-order valence-electron chi connectivity index (χ0n) is 8.79. The monoisotopic (exact) mass is 247 g/mol. The van der Waals surface area contributed by atoms with Crippen molar-refractivity contribution in [1.29, 1.82) is 0 Å². The van der Waals surface area contributed by atoms with Gasteiger partial charge in [-0.3, -0.25) is 5.32 Å². The number of benzene rings is 1. The Morgan fingerprint density at radius 2 is 2.13 bits per heavy atom. The van der Waals surface area contributed by atoms with Gasteiger partial charge in [0.05, 0.1) is 6.61 Å². The highest BCUT2D eigenvalue weighted by Crippen LogP contribution is 2.32. The van der Waals surface area contributed by atoms with Crippen molar-refractivity contribution < 1.29 is 4.74 Å². The van der Waals surface area contributed by atoms with E-state index in [-0.39, 0.29) is 12.4 Å². The minimum atomic E-state index is -0.433. The molecule has 1 N–H and O–H groups in total. The highest BCUT2D eigenvalue weighted by atomic mass is 35.5. The molecule has 2 atom stereocenters. The summed E-state index contributed by atoms with van der Waals surface area (Å²) in [5.74, 6) is 0. The normalized spacial score (nSPS) is 29.9. The van der Waals surface area contributed by atoms with Crippen LogP contribution in [0, 0.1) is 0 Å². The molecule has 1 aliphatic rings. The molecule has 2 unspecified atom stereocenters. The van der Waals surface area contributed by atoms with Crippen molar-refractivity contribution in [1.82, 2.24) is 5.32 Å². The van der Waals surface area contributed by atoms with Crippen LogP contribution in [0.4, 0.5) is 0 Å². The summed E-state index contributed by atoms with van der Waals surface area (Å²) in [6, 6.07) is 8.15. The van der Waals surface area contributed by atoms with Crippen LogP contribution in [0.2, 0.25) is 5.02 Å². The van der Waals surface area contributed by atoms with Gasteiger partial charge in [0.15, 0.2) is 0 Å². The molecule has 1 heterocycles. The Hall–Kier alpha value is -0.280. The molecule has 15 heavy (non-hydrogen) atoms. The molecule has 1 fully saturated rings. The average molecular weight is 248 g/mol. The number of hydrogen-bond acceptors (Lipinski definition) is 2. The van der Waals surface area contributed by atoms with Crippen LogP contribution in [0.3, 0.4) is 0 Å². The highest BCUT2D eigenvalue weighted by molar-refractivity contribution is 6.31. The van der Waals surface area contributed by atoms with E-state index in [1.54, 1.807) is 0 Å². The summed E-state index contributed by atoms with van der Waals surface area (Å²) in [6.45, 7) is 4.83. The minimum Gasteiger partial charge on any atom is -0.355 e. The van der Waals surface area contributed by atoms with Gasteiger partial charge < -0.3 is 4.74 Å². The summed E-state index contributed by atoms with van der Waals surface area (Å²) >= 11 is 6.12. The molecule has 0 radical (unpaired) electrons. The van der Waals surface area contributed by atoms with E-state index in [0.29, 0.717) is 6.04 Å². The van der Waals surface area contributed by atoms with E-state index in [9.17, 15) is 0 Å². The van der Waals surface area contributed by atoms with Crippen LogP contribution in [0.25, 0.3) is 0 Å². The van der Waals surface area contributed by atoms with E-state index in [4.69, 9.17) is 16.3 Å². The lowest BCUT2D eigenvalue weighted by atomic mass is 10.1. The van der Waals surface area contributed by atoms with Gasteiger partial charge in [-0.15, -0.1) is 12.4 Å². The third kappa shape index (κ3) is 2.45. The van der Waals surface area contributed by atoms with E-state index in [0.717, 1.165) is 17.2 Å². The second kappa shape index (κ2) is 4.71. The van der Waals surface area contributed by atoms with Gasteiger partial charge in [0, 0.05) is 16.6 Å². The maximum absolute atomic E-state index is 6.12. The van der Waals surface area contributed by atoms with Gasteiger partial charge in [0.25, 0.3) is 0 Å².